The van der Waals surface area contributed by atoms with Crippen LogP contribution in [0.25, 0.3) is 43.7 Å². The van der Waals surface area contributed by atoms with Crippen LogP contribution in [-0.2, 0) is 11.6 Å². The van der Waals surface area contributed by atoms with E-state index in [2.05, 4.69) is 16.0 Å². The Bertz CT molecular complexity index is 1650. The van der Waals surface area contributed by atoms with Gasteiger partial charge in [-0.25, -0.2) is 18.7 Å². The highest BCUT2D eigenvalue weighted by atomic mass is 19.4. The summed E-state index contributed by atoms with van der Waals surface area (Å²) >= 11 is 0. The molecule has 7 heteroatoms. The summed E-state index contributed by atoms with van der Waals surface area (Å²) < 4.78 is 71.3. The van der Waals surface area contributed by atoms with E-state index in [1.807, 2.05) is 57.2 Å². The largest absolute Gasteiger partial charge is 0.421 e. The number of hydrogen-bond acceptors (Lipinski definition) is 2. The normalized spacial score (nSPS) is 12.7. The Morgan fingerprint density at radius 3 is 2.06 bits per heavy atom. The molecule has 0 bridgehead atoms. The second kappa shape index (κ2) is 7.70. The molecular formula is C28H21F5N2. The molecule has 0 aliphatic rings. The molecule has 0 amide bonds. The lowest BCUT2D eigenvalue weighted by atomic mass is 9.81. The number of benzene rings is 4. The summed E-state index contributed by atoms with van der Waals surface area (Å²) in [5.41, 5.74) is -2.08. The lowest BCUT2D eigenvalue weighted by Gasteiger charge is -2.23. The van der Waals surface area contributed by atoms with Crippen LogP contribution in [0, 0.1) is 18.6 Å². The molecule has 2 nitrogen and oxygen atoms in total. The third kappa shape index (κ3) is 3.70. The van der Waals surface area contributed by atoms with Crippen LogP contribution in [0.4, 0.5) is 22.0 Å². The Morgan fingerprint density at radius 1 is 0.771 bits per heavy atom. The molecule has 1 aromatic heterocycles. The summed E-state index contributed by atoms with van der Waals surface area (Å²) in [5, 5.41) is 3.43. The fourth-order valence-electron chi connectivity index (χ4n) is 4.65. The summed E-state index contributed by atoms with van der Waals surface area (Å²) in [6.45, 7) is 7.07. The first-order valence-corrected chi connectivity index (χ1v) is 11.0. The number of aromatic nitrogens is 2. The maximum Gasteiger partial charge on any atom is 0.421 e. The Morgan fingerprint density at radius 2 is 1.43 bits per heavy atom. The number of hydrogen-bond donors (Lipinski definition) is 0. The van der Waals surface area contributed by atoms with E-state index in [4.69, 9.17) is 0 Å². The molecule has 35 heavy (non-hydrogen) atoms. The summed E-state index contributed by atoms with van der Waals surface area (Å²) in [6.07, 6.45) is -4.13. The standard InChI is InChI=1S/C28H21F5N2/c1-14-23(29)21-25(34-13-35-26(21)22(24(14)30)28(31,32)33)18-10-17-9-15-7-5-6-8-16(15)11-19(17)20(12-18)27(2,3)4/h5-13H,1-4H3. The lowest BCUT2D eigenvalue weighted by Crippen LogP contribution is -2.14. The zero-order valence-corrected chi connectivity index (χ0v) is 19.5. The summed E-state index contributed by atoms with van der Waals surface area (Å²) in [6, 6.07) is 15.5. The van der Waals surface area contributed by atoms with Gasteiger partial charge < -0.3 is 0 Å². The number of nitrogens with zero attached hydrogens (tertiary/aromatic N) is 2. The monoisotopic (exact) mass is 480 g/mol. The summed E-state index contributed by atoms with van der Waals surface area (Å²) in [5.74, 6) is -2.76. The highest BCUT2D eigenvalue weighted by Crippen LogP contribution is 2.42. The van der Waals surface area contributed by atoms with Crippen LogP contribution in [0.15, 0.2) is 54.9 Å². The fraction of sp³-hybridized carbons (Fsp3) is 0.214. The van der Waals surface area contributed by atoms with Gasteiger partial charge in [0.25, 0.3) is 0 Å². The number of alkyl halides is 3. The van der Waals surface area contributed by atoms with E-state index >= 15 is 4.39 Å². The van der Waals surface area contributed by atoms with Gasteiger partial charge in [0.2, 0.25) is 0 Å². The predicted molar refractivity (Wildman–Crippen MR) is 128 cm³/mol. The van der Waals surface area contributed by atoms with E-state index in [0.717, 1.165) is 40.4 Å². The van der Waals surface area contributed by atoms with Gasteiger partial charge >= 0.3 is 6.18 Å². The Labute approximate surface area is 198 Å². The molecule has 0 radical (unpaired) electrons. The molecule has 0 unspecified atom stereocenters. The van der Waals surface area contributed by atoms with Gasteiger partial charge in [0, 0.05) is 11.1 Å². The number of fused-ring (bicyclic) bond motifs is 3. The van der Waals surface area contributed by atoms with E-state index in [0.29, 0.717) is 5.56 Å². The Hall–Kier alpha value is -3.61. The van der Waals surface area contributed by atoms with Gasteiger partial charge in [-0.15, -0.1) is 0 Å². The average Bonchev–Trinajstić information content (AvgIpc) is 2.78. The van der Waals surface area contributed by atoms with Gasteiger partial charge in [-0.2, -0.15) is 13.2 Å². The smallest absolute Gasteiger partial charge is 0.236 e. The van der Waals surface area contributed by atoms with Crippen molar-refractivity contribution in [2.75, 3.05) is 0 Å². The van der Waals surface area contributed by atoms with E-state index in [-0.39, 0.29) is 11.1 Å². The fourth-order valence-corrected chi connectivity index (χ4v) is 4.65. The molecule has 5 rings (SSSR count). The molecule has 0 saturated heterocycles. The van der Waals surface area contributed by atoms with Gasteiger partial charge in [-0.3, -0.25) is 0 Å². The topological polar surface area (TPSA) is 25.8 Å². The van der Waals surface area contributed by atoms with Crippen LogP contribution in [-0.4, -0.2) is 9.97 Å². The van der Waals surface area contributed by atoms with Crippen molar-refractivity contribution in [2.24, 2.45) is 0 Å². The van der Waals surface area contributed by atoms with Crippen LogP contribution < -0.4 is 0 Å². The molecule has 0 aliphatic heterocycles. The van der Waals surface area contributed by atoms with E-state index < -0.39 is 39.8 Å². The average molecular weight is 480 g/mol. The minimum atomic E-state index is -5.05. The molecule has 0 fully saturated rings. The third-order valence-electron chi connectivity index (χ3n) is 6.37. The van der Waals surface area contributed by atoms with Crippen molar-refractivity contribution in [3.05, 3.63) is 83.2 Å². The number of rotatable bonds is 1. The molecule has 0 N–H and O–H groups in total. The molecule has 0 spiro atoms. The third-order valence-corrected chi connectivity index (χ3v) is 6.37. The van der Waals surface area contributed by atoms with Crippen molar-refractivity contribution in [2.45, 2.75) is 39.3 Å². The van der Waals surface area contributed by atoms with Crippen LogP contribution in [0.2, 0.25) is 0 Å². The molecule has 5 aromatic rings. The highest BCUT2D eigenvalue weighted by molar-refractivity contribution is 6.03. The quantitative estimate of drug-likeness (QED) is 0.178. The van der Waals surface area contributed by atoms with Crippen LogP contribution in [0.3, 0.4) is 0 Å². The SMILES string of the molecule is Cc1c(F)c(C(F)(F)F)c2ncnc(-c3cc(C(C)(C)C)c4cc5ccccc5cc4c3)c2c1F. The predicted octanol–water partition coefficient (Wildman–Crippen LogP) is 8.51. The highest BCUT2D eigenvalue weighted by Gasteiger charge is 2.39. The van der Waals surface area contributed by atoms with Gasteiger partial charge in [-0.05, 0) is 63.7 Å². The minimum Gasteiger partial charge on any atom is -0.236 e. The first-order valence-electron chi connectivity index (χ1n) is 11.0. The maximum absolute atomic E-state index is 15.3. The zero-order valence-electron chi connectivity index (χ0n) is 19.5. The molecule has 178 valence electrons. The van der Waals surface area contributed by atoms with Crippen LogP contribution in [0.1, 0.15) is 37.5 Å². The second-order valence-electron chi connectivity index (χ2n) is 9.77. The lowest BCUT2D eigenvalue weighted by molar-refractivity contribution is -0.138. The van der Waals surface area contributed by atoms with Crippen LogP contribution in [0.5, 0.6) is 0 Å². The van der Waals surface area contributed by atoms with Gasteiger partial charge in [0.05, 0.1) is 16.6 Å². The Kier molecular flexibility index (Phi) is 5.09. The molecule has 0 saturated carbocycles. The van der Waals surface area contributed by atoms with Gasteiger partial charge in [0.1, 0.15) is 23.5 Å². The van der Waals surface area contributed by atoms with Crippen LogP contribution >= 0.6 is 0 Å². The van der Waals surface area contributed by atoms with Crippen molar-refractivity contribution in [3.63, 3.8) is 0 Å². The van der Waals surface area contributed by atoms with E-state index in [9.17, 15) is 17.6 Å². The first kappa shape index (κ1) is 23.1. The number of halogens is 5. The van der Waals surface area contributed by atoms with E-state index in [1.54, 1.807) is 6.07 Å². The van der Waals surface area contributed by atoms with Gasteiger partial charge in [0.15, 0.2) is 0 Å². The molecule has 0 aliphatic carbocycles. The van der Waals surface area contributed by atoms with Crippen molar-refractivity contribution < 1.29 is 22.0 Å². The zero-order chi connectivity index (χ0) is 25.3. The molecule has 4 aromatic carbocycles. The first-order chi connectivity index (χ1) is 16.4. The van der Waals surface area contributed by atoms with Crippen molar-refractivity contribution >= 4 is 32.4 Å². The van der Waals surface area contributed by atoms with Crippen molar-refractivity contribution in [3.8, 4) is 11.3 Å². The molecule has 0 atom stereocenters. The van der Waals surface area contributed by atoms with E-state index in [1.165, 1.54) is 0 Å². The second-order valence-corrected chi connectivity index (χ2v) is 9.77. The summed E-state index contributed by atoms with van der Waals surface area (Å²) in [4.78, 5) is 7.84. The van der Waals surface area contributed by atoms with Crippen molar-refractivity contribution in [1.29, 1.82) is 0 Å². The van der Waals surface area contributed by atoms with Gasteiger partial charge in [-0.1, -0.05) is 45.0 Å². The molecule has 1 heterocycles. The summed E-state index contributed by atoms with van der Waals surface area (Å²) in [7, 11) is 0. The maximum atomic E-state index is 15.3. The molecular weight excluding hydrogens is 459 g/mol. The minimum absolute atomic E-state index is 0.0124. The Balaban J connectivity index is 1.92. The van der Waals surface area contributed by atoms with Crippen molar-refractivity contribution in [1.82, 2.24) is 9.97 Å².